The maximum Gasteiger partial charge on any atom is 0.163 e. The number of aliphatic imine (C=N–C) groups is 1. The van der Waals surface area contributed by atoms with Gasteiger partial charge in [-0.1, -0.05) is 0 Å². The smallest absolute Gasteiger partial charge is 0.163 e. The average molecular weight is 174 g/mol. The van der Waals surface area contributed by atoms with Crippen molar-refractivity contribution in [2.24, 2.45) is 4.99 Å². The van der Waals surface area contributed by atoms with Crippen LogP contribution in [0.1, 0.15) is 6.42 Å². The fourth-order valence-electron chi connectivity index (χ4n) is 0.450. The number of carbonyl (C=O) groups is 1. The summed E-state index contributed by atoms with van der Waals surface area (Å²) < 4.78 is 0.713. The molecule has 0 unspecified atom stereocenters. The Labute approximate surface area is 55.4 Å². The van der Waals surface area contributed by atoms with Gasteiger partial charge < -0.3 is 0 Å². The molecule has 1 heterocycles. The van der Waals surface area contributed by atoms with Gasteiger partial charge in [-0.15, -0.1) is 0 Å². The summed E-state index contributed by atoms with van der Waals surface area (Å²) in [6, 6.07) is 0. The molecule has 0 aromatic heterocycles. The number of hydrogen-bond donors (Lipinski definition) is 0. The third-order valence-corrected chi connectivity index (χ3v) is 1.28. The number of nitrogens with zero attached hydrogens (tertiary/aromatic N) is 1. The van der Waals surface area contributed by atoms with Gasteiger partial charge in [0.15, 0.2) is 5.78 Å². The Morgan fingerprint density at radius 2 is 2.50 bits per heavy atom. The van der Waals surface area contributed by atoms with E-state index < -0.39 is 0 Å². The molecule has 1 rings (SSSR count). The lowest BCUT2D eigenvalue weighted by atomic mass is 10.3. The predicted molar refractivity (Wildman–Crippen MR) is 35.1 cm³/mol. The lowest BCUT2D eigenvalue weighted by Gasteiger charge is -1.95. The Balaban J connectivity index is 2.73. The zero-order chi connectivity index (χ0) is 5.98. The SMILES string of the molecule is O=C1C=CN=C(Br)C1. The zero-order valence-corrected chi connectivity index (χ0v) is 5.68. The molecule has 2 nitrogen and oxygen atoms in total. The van der Waals surface area contributed by atoms with Crippen molar-refractivity contribution in [3.05, 3.63) is 12.3 Å². The molecule has 0 N–H and O–H groups in total. The van der Waals surface area contributed by atoms with Crippen LogP contribution in [0.3, 0.4) is 0 Å². The van der Waals surface area contributed by atoms with Gasteiger partial charge in [0.1, 0.15) is 0 Å². The summed E-state index contributed by atoms with van der Waals surface area (Å²) in [6.07, 6.45) is 3.37. The molecule has 0 saturated heterocycles. The molecule has 0 aromatic rings. The number of allylic oxidation sites excluding steroid dienone is 1. The van der Waals surface area contributed by atoms with Gasteiger partial charge in [-0.05, 0) is 22.0 Å². The van der Waals surface area contributed by atoms with Crippen LogP contribution in [0.4, 0.5) is 0 Å². The summed E-state index contributed by atoms with van der Waals surface area (Å²) in [5.41, 5.74) is 0. The van der Waals surface area contributed by atoms with Crippen LogP contribution in [-0.4, -0.2) is 10.4 Å². The van der Waals surface area contributed by atoms with Gasteiger partial charge >= 0.3 is 0 Å². The molecular formula is C5H4BrNO. The first-order valence-corrected chi connectivity index (χ1v) is 3.00. The van der Waals surface area contributed by atoms with Crippen molar-refractivity contribution in [3.63, 3.8) is 0 Å². The van der Waals surface area contributed by atoms with Gasteiger partial charge in [-0.25, -0.2) is 0 Å². The van der Waals surface area contributed by atoms with Crippen molar-refractivity contribution < 1.29 is 4.79 Å². The fourth-order valence-corrected chi connectivity index (χ4v) is 0.844. The van der Waals surface area contributed by atoms with Gasteiger partial charge in [0.05, 0.1) is 11.0 Å². The summed E-state index contributed by atoms with van der Waals surface area (Å²) in [7, 11) is 0. The number of hydrogen-bond acceptors (Lipinski definition) is 2. The molecule has 0 aliphatic carbocycles. The quantitative estimate of drug-likeness (QED) is 0.543. The summed E-state index contributed by atoms with van der Waals surface area (Å²) in [5, 5.41) is 0. The fraction of sp³-hybridized carbons (Fsp3) is 0.200. The van der Waals surface area contributed by atoms with Gasteiger partial charge in [0.2, 0.25) is 0 Å². The highest BCUT2D eigenvalue weighted by Gasteiger charge is 2.03. The molecule has 0 radical (unpaired) electrons. The molecule has 0 spiro atoms. The molecule has 0 bridgehead atoms. The highest BCUT2D eigenvalue weighted by molar-refractivity contribution is 9.18. The minimum atomic E-state index is 0.104. The minimum Gasteiger partial charge on any atom is -0.294 e. The monoisotopic (exact) mass is 173 g/mol. The lowest BCUT2D eigenvalue weighted by Crippen LogP contribution is -2.01. The van der Waals surface area contributed by atoms with Crippen LogP contribution in [0.25, 0.3) is 0 Å². The van der Waals surface area contributed by atoms with E-state index in [-0.39, 0.29) is 5.78 Å². The molecule has 0 saturated carbocycles. The van der Waals surface area contributed by atoms with Crippen LogP contribution in [-0.2, 0) is 4.79 Å². The second kappa shape index (κ2) is 2.22. The van der Waals surface area contributed by atoms with Crippen molar-refractivity contribution in [1.29, 1.82) is 0 Å². The number of halogens is 1. The Morgan fingerprint density at radius 3 is 2.88 bits per heavy atom. The largest absolute Gasteiger partial charge is 0.294 e. The summed E-state index contributed by atoms with van der Waals surface area (Å²) in [6.45, 7) is 0. The normalized spacial score (nSPS) is 18.6. The van der Waals surface area contributed by atoms with Crippen LogP contribution < -0.4 is 0 Å². The number of carbonyl (C=O) groups excluding carboxylic acids is 1. The van der Waals surface area contributed by atoms with Crippen molar-refractivity contribution in [1.82, 2.24) is 0 Å². The van der Waals surface area contributed by atoms with E-state index in [4.69, 9.17) is 0 Å². The van der Waals surface area contributed by atoms with Crippen LogP contribution in [0.15, 0.2) is 17.3 Å². The molecule has 0 aromatic carbocycles. The van der Waals surface area contributed by atoms with E-state index in [1.807, 2.05) is 0 Å². The topological polar surface area (TPSA) is 29.4 Å². The van der Waals surface area contributed by atoms with E-state index >= 15 is 0 Å². The Kier molecular flexibility index (Phi) is 1.58. The zero-order valence-electron chi connectivity index (χ0n) is 4.10. The number of ketones is 1. The van der Waals surface area contributed by atoms with Gasteiger partial charge in [-0.2, -0.15) is 0 Å². The second-order valence-corrected chi connectivity index (χ2v) is 2.38. The highest BCUT2D eigenvalue weighted by Crippen LogP contribution is 2.03. The third-order valence-electron chi connectivity index (χ3n) is 0.795. The van der Waals surface area contributed by atoms with Crippen LogP contribution in [0, 0.1) is 0 Å². The Morgan fingerprint density at radius 1 is 1.75 bits per heavy atom. The third kappa shape index (κ3) is 1.26. The molecule has 0 fully saturated rings. The molecule has 1 aliphatic rings. The summed E-state index contributed by atoms with van der Waals surface area (Å²) in [5.74, 6) is 0.104. The molecule has 1 aliphatic heterocycles. The van der Waals surface area contributed by atoms with E-state index in [0.29, 0.717) is 11.0 Å². The Hall–Kier alpha value is -0.440. The van der Waals surface area contributed by atoms with E-state index in [1.165, 1.54) is 12.3 Å². The molecule has 42 valence electrons. The predicted octanol–water partition coefficient (Wildman–Crippen LogP) is 1.27. The Bertz CT molecular complexity index is 171. The summed E-state index contributed by atoms with van der Waals surface area (Å²) >= 11 is 3.11. The first kappa shape index (κ1) is 5.69. The first-order valence-electron chi connectivity index (χ1n) is 2.20. The maximum absolute atomic E-state index is 10.5. The van der Waals surface area contributed by atoms with Crippen LogP contribution in [0.5, 0.6) is 0 Å². The lowest BCUT2D eigenvalue weighted by molar-refractivity contribution is -0.113. The molecule has 0 amide bonds. The standard InChI is InChI=1S/C5H4BrNO/c6-5-3-4(8)1-2-7-5/h1-2H,3H2. The highest BCUT2D eigenvalue weighted by atomic mass is 79.9. The molecular weight excluding hydrogens is 170 g/mol. The van der Waals surface area contributed by atoms with Crippen LogP contribution in [0.2, 0.25) is 0 Å². The van der Waals surface area contributed by atoms with E-state index in [1.54, 1.807) is 0 Å². The van der Waals surface area contributed by atoms with Gasteiger partial charge in [-0.3, -0.25) is 9.79 Å². The summed E-state index contributed by atoms with van der Waals surface area (Å²) in [4.78, 5) is 14.3. The van der Waals surface area contributed by atoms with Gasteiger partial charge in [0.25, 0.3) is 0 Å². The second-order valence-electron chi connectivity index (χ2n) is 1.46. The van der Waals surface area contributed by atoms with Crippen molar-refractivity contribution in [3.8, 4) is 0 Å². The molecule has 0 atom stereocenters. The van der Waals surface area contributed by atoms with E-state index in [2.05, 4.69) is 20.9 Å². The van der Waals surface area contributed by atoms with Crippen molar-refractivity contribution in [2.75, 3.05) is 0 Å². The minimum absolute atomic E-state index is 0.104. The molecule has 8 heavy (non-hydrogen) atoms. The molecule has 3 heteroatoms. The van der Waals surface area contributed by atoms with E-state index in [9.17, 15) is 4.79 Å². The average Bonchev–Trinajstić information content (AvgIpc) is 1.64. The van der Waals surface area contributed by atoms with Crippen molar-refractivity contribution >= 4 is 26.3 Å². The number of rotatable bonds is 0. The van der Waals surface area contributed by atoms with E-state index in [0.717, 1.165) is 0 Å². The van der Waals surface area contributed by atoms with Crippen molar-refractivity contribution in [2.45, 2.75) is 6.42 Å². The maximum atomic E-state index is 10.5. The van der Waals surface area contributed by atoms with Crippen LogP contribution >= 0.6 is 15.9 Å². The first-order chi connectivity index (χ1) is 3.79. The van der Waals surface area contributed by atoms with Gasteiger partial charge in [0, 0.05) is 6.20 Å².